The minimum absolute atomic E-state index is 0.116. The average molecular weight is 298 g/mol. The van der Waals surface area contributed by atoms with Crippen molar-refractivity contribution in [3.05, 3.63) is 53.9 Å². The first-order chi connectivity index (χ1) is 10.8. The molecule has 0 bridgehead atoms. The molecular formula is C18H22N2O2. The number of aromatic amines is 1. The van der Waals surface area contributed by atoms with E-state index >= 15 is 0 Å². The molecule has 0 radical (unpaired) electrons. The number of likely N-dealkylation sites (tertiary alicyclic amines) is 1. The molecule has 1 aromatic heterocycles. The maximum absolute atomic E-state index is 12.3. The number of nitrogens with zero attached hydrogens (tertiary/aromatic N) is 1. The van der Waals surface area contributed by atoms with Crippen molar-refractivity contribution >= 4 is 5.91 Å². The largest absolute Gasteiger partial charge is 0.497 e. The maximum Gasteiger partial charge on any atom is 0.270 e. The number of hydrogen-bond acceptors (Lipinski definition) is 2. The van der Waals surface area contributed by atoms with Gasteiger partial charge in [0.25, 0.3) is 5.91 Å². The third-order valence-electron chi connectivity index (χ3n) is 4.39. The quantitative estimate of drug-likeness (QED) is 0.942. The van der Waals surface area contributed by atoms with E-state index in [1.165, 1.54) is 5.56 Å². The van der Waals surface area contributed by atoms with E-state index in [-0.39, 0.29) is 5.91 Å². The van der Waals surface area contributed by atoms with Gasteiger partial charge in [0.05, 0.1) is 7.11 Å². The van der Waals surface area contributed by atoms with Crippen LogP contribution in [0.25, 0.3) is 0 Å². The van der Waals surface area contributed by atoms with Gasteiger partial charge >= 0.3 is 0 Å². The van der Waals surface area contributed by atoms with Gasteiger partial charge < -0.3 is 14.6 Å². The number of carbonyl (C=O) groups is 1. The van der Waals surface area contributed by atoms with Crippen molar-refractivity contribution in [1.82, 2.24) is 9.88 Å². The Kier molecular flexibility index (Phi) is 4.47. The molecule has 0 unspecified atom stereocenters. The molecule has 116 valence electrons. The molecule has 1 amide bonds. The summed E-state index contributed by atoms with van der Waals surface area (Å²) < 4.78 is 5.28. The molecular weight excluding hydrogens is 276 g/mol. The molecule has 3 rings (SSSR count). The van der Waals surface area contributed by atoms with Crippen molar-refractivity contribution in [2.24, 2.45) is 5.92 Å². The van der Waals surface area contributed by atoms with Crippen molar-refractivity contribution in [1.29, 1.82) is 0 Å². The van der Waals surface area contributed by atoms with E-state index < -0.39 is 0 Å². The Labute approximate surface area is 131 Å². The van der Waals surface area contributed by atoms with Crippen LogP contribution in [0.1, 0.15) is 28.9 Å². The third-order valence-corrected chi connectivity index (χ3v) is 4.39. The second-order valence-electron chi connectivity index (χ2n) is 5.88. The van der Waals surface area contributed by atoms with Crippen molar-refractivity contribution in [2.45, 2.75) is 19.3 Å². The smallest absolute Gasteiger partial charge is 0.270 e. The average Bonchev–Trinajstić information content (AvgIpc) is 3.09. The Bertz CT molecular complexity index is 614. The number of ether oxygens (including phenoxy) is 1. The summed E-state index contributed by atoms with van der Waals surface area (Å²) in [5.74, 6) is 1.67. The standard InChI is InChI=1S/C18H22N2O2/c1-22-16-5-2-4-15(13-16)12-14-7-10-20(11-8-14)18(21)17-6-3-9-19-17/h2-6,9,13-14,19H,7-8,10-12H2,1H3. The zero-order valence-corrected chi connectivity index (χ0v) is 12.9. The molecule has 4 nitrogen and oxygen atoms in total. The van der Waals surface area contributed by atoms with Gasteiger partial charge in [0.15, 0.2) is 0 Å². The molecule has 22 heavy (non-hydrogen) atoms. The Hall–Kier alpha value is -2.23. The van der Waals surface area contributed by atoms with Gasteiger partial charge in [-0.3, -0.25) is 4.79 Å². The lowest BCUT2D eigenvalue weighted by Gasteiger charge is -2.32. The molecule has 0 atom stereocenters. The van der Waals surface area contributed by atoms with Gasteiger partial charge in [-0.05, 0) is 55.0 Å². The highest BCUT2D eigenvalue weighted by atomic mass is 16.5. The number of aromatic nitrogens is 1. The lowest BCUT2D eigenvalue weighted by molar-refractivity contribution is 0.0685. The van der Waals surface area contributed by atoms with Crippen LogP contribution < -0.4 is 4.74 Å². The van der Waals surface area contributed by atoms with Crippen LogP contribution >= 0.6 is 0 Å². The van der Waals surface area contributed by atoms with Gasteiger partial charge in [-0.2, -0.15) is 0 Å². The molecule has 1 fully saturated rings. The van der Waals surface area contributed by atoms with E-state index in [1.807, 2.05) is 29.2 Å². The van der Waals surface area contributed by atoms with Crippen LogP contribution in [0.3, 0.4) is 0 Å². The number of benzene rings is 1. The summed E-state index contributed by atoms with van der Waals surface area (Å²) in [5.41, 5.74) is 2.00. The number of methoxy groups -OCH3 is 1. The molecule has 4 heteroatoms. The fraction of sp³-hybridized carbons (Fsp3) is 0.389. The maximum atomic E-state index is 12.3. The lowest BCUT2D eigenvalue weighted by Crippen LogP contribution is -2.39. The third kappa shape index (κ3) is 3.32. The molecule has 1 N–H and O–H groups in total. The molecule has 1 aliphatic heterocycles. The van der Waals surface area contributed by atoms with Gasteiger partial charge in [-0.1, -0.05) is 12.1 Å². The van der Waals surface area contributed by atoms with Crippen molar-refractivity contribution in [3.63, 3.8) is 0 Å². The molecule has 2 heterocycles. The Morgan fingerprint density at radius 2 is 2.09 bits per heavy atom. The number of hydrogen-bond donors (Lipinski definition) is 1. The van der Waals surface area contributed by atoms with Crippen molar-refractivity contribution in [3.8, 4) is 5.75 Å². The monoisotopic (exact) mass is 298 g/mol. The first-order valence-electron chi connectivity index (χ1n) is 7.82. The summed E-state index contributed by atoms with van der Waals surface area (Å²) >= 11 is 0. The predicted molar refractivity (Wildman–Crippen MR) is 86.1 cm³/mol. The summed E-state index contributed by atoms with van der Waals surface area (Å²) in [4.78, 5) is 17.2. The van der Waals surface area contributed by atoms with Crippen LogP contribution in [0, 0.1) is 5.92 Å². The summed E-state index contributed by atoms with van der Waals surface area (Å²) in [6, 6.07) is 12.0. The van der Waals surface area contributed by atoms with E-state index in [2.05, 4.69) is 17.1 Å². The van der Waals surface area contributed by atoms with Crippen molar-refractivity contribution in [2.75, 3.05) is 20.2 Å². The topological polar surface area (TPSA) is 45.3 Å². The van der Waals surface area contributed by atoms with Crippen LogP contribution in [0.2, 0.25) is 0 Å². The molecule has 2 aromatic rings. The van der Waals surface area contributed by atoms with E-state index in [9.17, 15) is 4.79 Å². The molecule has 1 aliphatic rings. The fourth-order valence-electron chi connectivity index (χ4n) is 3.11. The predicted octanol–water partition coefficient (Wildman–Crippen LogP) is 3.12. The number of rotatable bonds is 4. The van der Waals surface area contributed by atoms with Crippen molar-refractivity contribution < 1.29 is 9.53 Å². The highest BCUT2D eigenvalue weighted by Gasteiger charge is 2.24. The molecule has 1 saturated heterocycles. The zero-order valence-electron chi connectivity index (χ0n) is 12.9. The summed E-state index contributed by atoms with van der Waals surface area (Å²) in [7, 11) is 1.70. The van der Waals surface area contributed by atoms with Gasteiger partial charge in [-0.25, -0.2) is 0 Å². The highest BCUT2D eigenvalue weighted by molar-refractivity contribution is 5.92. The summed E-state index contributed by atoms with van der Waals surface area (Å²) in [5, 5.41) is 0. The normalized spacial score (nSPS) is 15.8. The minimum Gasteiger partial charge on any atom is -0.497 e. The lowest BCUT2D eigenvalue weighted by atomic mass is 9.90. The zero-order chi connectivity index (χ0) is 15.4. The van der Waals surface area contributed by atoms with Gasteiger partial charge in [0.2, 0.25) is 0 Å². The number of H-pyrrole nitrogens is 1. The number of nitrogens with one attached hydrogen (secondary N) is 1. The van der Waals surface area contributed by atoms with E-state index in [4.69, 9.17) is 4.74 Å². The van der Waals surface area contributed by atoms with Crippen LogP contribution in [0.5, 0.6) is 5.75 Å². The van der Waals surface area contributed by atoms with Gasteiger partial charge in [0, 0.05) is 19.3 Å². The number of amides is 1. The van der Waals surface area contributed by atoms with Crippen LogP contribution in [0.4, 0.5) is 0 Å². The second kappa shape index (κ2) is 6.69. The molecule has 0 spiro atoms. The minimum atomic E-state index is 0.116. The second-order valence-corrected chi connectivity index (χ2v) is 5.88. The SMILES string of the molecule is COc1cccc(CC2CCN(C(=O)c3ccc[nH]3)CC2)c1. The summed E-state index contributed by atoms with van der Waals surface area (Å²) in [6.07, 6.45) is 4.97. The van der Waals surface area contributed by atoms with E-state index in [1.54, 1.807) is 13.3 Å². The number of carbonyl (C=O) groups excluding carboxylic acids is 1. The van der Waals surface area contributed by atoms with Crippen LogP contribution in [-0.4, -0.2) is 36.0 Å². The highest BCUT2D eigenvalue weighted by Crippen LogP contribution is 2.24. The number of piperidine rings is 1. The summed E-state index contributed by atoms with van der Waals surface area (Å²) in [6.45, 7) is 1.68. The van der Waals surface area contributed by atoms with Gasteiger partial charge in [0.1, 0.15) is 11.4 Å². The Morgan fingerprint density at radius 3 is 2.77 bits per heavy atom. The molecule has 1 aromatic carbocycles. The van der Waals surface area contributed by atoms with Gasteiger partial charge in [-0.15, -0.1) is 0 Å². The van der Waals surface area contributed by atoms with E-state index in [0.29, 0.717) is 11.6 Å². The fourth-order valence-corrected chi connectivity index (χ4v) is 3.11. The van der Waals surface area contributed by atoms with Crippen LogP contribution in [0.15, 0.2) is 42.6 Å². The Balaban J connectivity index is 1.54. The molecule has 0 aliphatic carbocycles. The Morgan fingerprint density at radius 1 is 1.27 bits per heavy atom. The van der Waals surface area contributed by atoms with E-state index in [0.717, 1.165) is 38.1 Å². The first kappa shape index (κ1) is 14.7. The van der Waals surface area contributed by atoms with Crippen LogP contribution in [-0.2, 0) is 6.42 Å². The molecule has 0 saturated carbocycles. The first-order valence-corrected chi connectivity index (χ1v) is 7.82.